The number of amides is 3. The molecule has 1 saturated heterocycles. The third kappa shape index (κ3) is 2.30. The summed E-state index contributed by atoms with van der Waals surface area (Å²) in [6, 6.07) is 14.7. The first kappa shape index (κ1) is 16.7. The Hall–Kier alpha value is -3.41. The van der Waals surface area contributed by atoms with Crippen LogP contribution in [0.5, 0.6) is 0 Å². The van der Waals surface area contributed by atoms with Gasteiger partial charge in [0.25, 0.3) is 5.91 Å². The molecule has 2 N–H and O–H groups in total. The molecule has 1 atom stereocenters. The van der Waals surface area contributed by atoms with Crippen LogP contribution in [0, 0.1) is 0 Å². The van der Waals surface area contributed by atoms with E-state index < -0.39 is 11.6 Å². The Morgan fingerprint density at radius 2 is 1.86 bits per heavy atom. The van der Waals surface area contributed by atoms with Crippen molar-refractivity contribution < 1.29 is 14.4 Å². The number of nitrogens with one attached hydrogen (secondary N) is 2. The summed E-state index contributed by atoms with van der Waals surface area (Å²) in [6.07, 6.45) is 3.88. The van der Waals surface area contributed by atoms with Crippen LogP contribution in [0.25, 0.3) is 10.9 Å². The second-order valence-electron chi connectivity index (χ2n) is 7.41. The molecule has 2 heterocycles. The summed E-state index contributed by atoms with van der Waals surface area (Å²) in [5.74, 6) is -0.597. The molecule has 140 valence electrons. The smallest absolute Gasteiger partial charge is 0.325 e. The van der Waals surface area contributed by atoms with E-state index in [0.717, 1.165) is 39.8 Å². The maximum atomic E-state index is 13.3. The number of carbonyl (C=O) groups excluding carboxylic acids is 3. The molecule has 1 fully saturated rings. The maximum absolute atomic E-state index is 13.3. The molecule has 28 heavy (non-hydrogen) atoms. The van der Waals surface area contributed by atoms with Gasteiger partial charge in [-0.3, -0.25) is 14.5 Å². The number of aromatic nitrogens is 1. The number of aryl methyl sites for hydroxylation is 1. The lowest BCUT2D eigenvalue weighted by atomic mass is 9.76. The van der Waals surface area contributed by atoms with Gasteiger partial charge in [0.1, 0.15) is 5.54 Å². The van der Waals surface area contributed by atoms with Gasteiger partial charge in [-0.05, 0) is 36.5 Å². The summed E-state index contributed by atoms with van der Waals surface area (Å²) in [5, 5.41) is 3.68. The van der Waals surface area contributed by atoms with E-state index in [9.17, 15) is 14.4 Å². The SMILES string of the molecule is O=C(CN1C(=O)NC2(CCCc3ccccc32)C1=O)c1c[nH]c2ccccc12. The fourth-order valence-electron chi connectivity index (χ4n) is 4.49. The monoisotopic (exact) mass is 373 g/mol. The van der Waals surface area contributed by atoms with Crippen molar-refractivity contribution in [1.82, 2.24) is 15.2 Å². The van der Waals surface area contributed by atoms with Crippen LogP contribution in [0.1, 0.15) is 34.3 Å². The van der Waals surface area contributed by atoms with Crippen LogP contribution in [0.2, 0.25) is 0 Å². The minimum Gasteiger partial charge on any atom is -0.360 e. The Morgan fingerprint density at radius 1 is 1.07 bits per heavy atom. The Bertz CT molecular complexity index is 1130. The van der Waals surface area contributed by atoms with Crippen molar-refractivity contribution in [3.63, 3.8) is 0 Å². The van der Waals surface area contributed by atoms with E-state index in [4.69, 9.17) is 0 Å². The van der Waals surface area contributed by atoms with Crippen molar-refractivity contribution >= 4 is 28.6 Å². The summed E-state index contributed by atoms with van der Waals surface area (Å²) < 4.78 is 0. The Kier molecular flexibility index (Phi) is 3.62. The van der Waals surface area contributed by atoms with E-state index in [1.54, 1.807) is 6.20 Å². The van der Waals surface area contributed by atoms with E-state index in [0.29, 0.717) is 12.0 Å². The van der Waals surface area contributed by atoms with Crippen LogP contribution in [-0.2, 0) is 16.8 Å². The van der Waals surface area contributed by atoms with Gasteiger partial charge >= 0.3 is 6.03 Å². The molecule has 1 aliphatic heterocycles. The van der Waals surface area contributed by atoms with Gasteiger partial charge in [-0.15, -0.1) is 0 Å². The number of hydrogen-bond donors (Lipinski definition) is 2. The molecule has 2 aliphatic rings. The minimum absolute atomic E-state index is 0.262. The van der Waals surface area contributed by atoms with Gasteiger partial charge in [-0.2, -0.15) is 0 Å². The molecule has 1 aromatic heterocycles. The number of carbonyl (C=O) groups is 3. The number of rotatable bonds is 3. The Balaban J connectivity index is 1.47. The molecule has 0 saturated carbocycles. The highest BCUT2D eigenvalue weighted by molar-refractivity contribution is 6.14. The predicted molar refractivity (Wildman–Crippen MR) is 104 cm³/mol. The molecule has 3 amide bonds. The molecule has 1 unspecified atom stereocenters. The van der Waals surface area contributed by atoms with Gasteiger partial charge in [-0.25, -0.2) is 4.79 Å². The minimum atomic E-state index is -1.05. The molecule has 0 bridgehead atoms. The summed E-state index contributed by atoms with van der Waals surface area (Å²) in [7, 11) is 0. The number of nitrogens with zero attached hydrogens (tertiary/aromatic N) is 1. The quantitative estimate of drug-likeness (QED) is 0.547. The number of Topliss-reactive ketones (excluding diaryl/α,β-unsaturated/α-hetero) is 1. The number of imide groups is 1. The number of ketones is 1. The highest BCUT2D eigenvalue weighted by atomic mass is 16.2. The molecule has 5 rings (SSSR count). The lowest BCUT2D eigenvalue weighted by Crippen LogP contribution is -2.46. The number of H-pyrrole nitrogens is 1. The van der Waals surface area contributed by atoms with Crippen LogP contribution in [-0.4, -0.2) is 34.2 Å². The highest BCUT2D eigenvalue weighted by Gasteiger charge is 2.54. The van der Waals surface area contributed by atoms with Gasteiger partial charge in [0.2, 0.25) is 0 Å². The topological polar surface area (TPSA) is 82.3 Å². The van der Waals surface area contributed by atoms with Gasteiger partial charge in [0.15, 0.2) is 5.78 Å². The van der Waals surface area contributed by atoms with Crippen molar-refractivity contribution in [2.75, 3.05) is 6.54 Å². The Labute approximate surface area is 161 Å². The summed E-state index contributed by atoms with van der Waals surface area (Å²) >= 11 is 0. The standard InChI is InChI=1S/C22H19N3O3/c26-19(16-12-23-18-10-4-2-8-15(16)18)13-25-20(27)22(24-21(25)28)11-5-7-14-6-1-3-9-17(14)22/h1-4,6,8-10,12,23H,5,7,11,13H2,(H,24,28). The van der Waals surface area contributed by atoms with Crippen LogP contribution in [0.4, 0.5) is 4.79 Å². The van der Waals surface area contributed by atoms with E-state index in [1.165, 1.54) is 0 Å². The van der Waals surface area contributed by atoms with Crippen LogP contribution in [0.3, 0.4) is 0 Å². The van der Waals surface area contributed by atoms with Crippen LogP contribution in [0.15, 0.2) is 54.7 Å². The normalized spacial score (nSPS) is 21.2. The largest absolute Gasteiger partial charge is 0.360 e. The number of hydrogen-bond acceptors (Lipinski definition) is 3. The van der Waals surface area contributed by atoms with Gasteiger partial charge < -0.3 is 10.3 Å². The number of benzene rings is 2. The molecule has 6 heteroatoms. The zero-order valence-corrected chi connectivity index (χ0v) is 15.2. The maximum Gasteiger partial charge on any atom is 0.325 e. The van der Waals surface area contributed by atoms with Crippen molar-refractivity contribution in [2.24, 2.45) is 0 Å². The zero-order valence-electron chi connectivity index (χ0n) is 15.2. The van der Waals surface area contributed by atoms with Gasteiger partial charge in [0, 0.05) is 22.7 Å². The van der Waals surface area contributed by atoms with Gasteiger partial charge in [0.05, 0.1) is 6.54 Å². The number of aromatic amines is 1. The molecule has 6 nitrogen and oxygen atoms in total. The number of fused-ring (bicyclic) bond motifs is 3. The van der Waals surface area contributed by atoms with Crippen molar-refractivity contribution in [3.8, 4) is 0 Å². The first-order valence-corrected chi connectivity index (χ1v) is 9.42. The average molecular weight is 373 g/mol. The predicted octanol–water partition coefficient (Wildman–Crippen LogP) is 3.13. The fourth-order valence-corrected chi connectivity index (χ4v) is 4.49. The van der Waals surface area contributed by atoms with Crippen molar-refractivity contribution in [3.05, 3.63) is 71.4 Å². The van der Waals surface area contributed by atoms with Crippen molar-refractivity contribution in [2.45, 2.75) is 24.8 Å². The first-order valence-electron chi connectivity index (χ1n) is 9.42. The number of para-hydroxylation sites is 1. The van der Waals surface area contributed by atoms with E-state index >= 15 is 0 Å². The van der Waals surface area contributed by atoms with Crippen LogP contribution < -0.4 is 5.32 Å². The Morgan fingerprint density at radius 3 is 2.75 bits per heavy atom. The second-order valence-corrected chi connectivity index (χ2v) is 7.41. The molecule has 1 aliphatic carbocycles. The molecule has 1 spiro atoms. The first-order chi connectivity index (χ1) is 13.6. The highest BCUT2D eigenvalue weighted by Crippen LogP contribution is 2.40. The zero-order chi connectivity index (χ0) is 19.3. The summed E-state index contributed by atoms with van der Waals surface area (Å²) in [4.78, 5) is 43.0. The molecular weight excluding hydrogens is 354 g/mol. The second kappa shape index (κ2) is 6.05. The summed E-state index contributed by atoms with van der Waals surface area (Å²) in [6.45, 7) is -0.267. The van der Waals surface area contributed by atoms with Crippen LogP contribution >= 0.6 is 0 Å². The van der Waals surface area contributed by atoms with Crippen molar-refractivity contribution in [1.29, 1.82) is 0 Å². The number of urea groups is 1. The molecular formula is C22H19N3O3. The van der Waals surface area contributed by atoms with E-state index in [-0.39, 0.29) is 18.2 Å². The molecule has 2 aromatic carbocycles. The molecule has 0 radical (unpaired) electrons. The third-order valence-corrected chi connectivity index (χ3v) is 5.84. The fraction of sp³-hybridized carbons (Fsp3) is 0.227. The van der Waals surface area contributed by atoms with E-state index in [2.05, 4.69) is 10.3 Å². The van der Waals surface area contributed by atoms with E-state index in [1.807, 2.05) is 48.5 Å². The lowest BCUT2D eigenvalue weighted by Gasteiger charge is -2.33. The average Bonchev–Trinajstić information content (AvgIpc) is 3.24. The third-order valence-electron chi connectivity index (χ3n) is 5.84. The lowest BCUT2D eigenvalue weighted by molar-refractivity contribution is -0.131. The van der Waals surface area contributed by atoms with Gasteiger partial charge in [-0.1, -0.05) is 42.5 Å². The molecule has 3 aromatic rings. The summed E-state index contributed by atoms with van der Waals surface area (Å²) in [5.41, 5.74) is 2.21.